The van der Waals surface area contributed by atoms with Crippen molar-refractivity contribution in [3.63, 3.8) is 0 Å². The maximum Gasteiger partial charge on any atom is 0.268 e. The van der Waals surface area contributed by atoms with E-state index in [1.54, 1.807) is 6.08 Å². The van der Waals surface area contributed by atoms with E-state index in [1.165, 1.54) is 16.7 Å². The fourth-order valence-corrected chi connectivity index (χ4v) is 3.32. The zero-order valence-electron chi connectivity index (χ0n) is 12.6. The van der Waals surface area contributed by atoms with Gasteiger partial charge in [0.25, 0.3) is 11.8 Å². The Morgan fingerprint density at radius 2 is 1.95 bits per heavy atom. The van der Waals surface area contributed by atoms with Gasteiger partial charge in [-0.1, -0.05) is 36.8 Å². The van der Waals surface area contributed by atoms with Gasteiger partial charge >= 0.3 is 0 Å². The molecule has 21 heavy (non-hydrogen) atoms. The Morgan fingerprint density at radius 1 is 1.24 bits per heavy atom. The van der Waals surface area contributed by atoms with Crippen molar-refractivity contribution in [3.8, 4) is 0 Å². The number of rotatable bonds is 5. The molecule has 1 aromatic rings. The third-order valence-electron chi connectivity index (χ3n) is 3.38. The van der Waals surface area contributed by atoms with Crippen molar-refractivity contribution in [2.24, 2.45) is 0 Å². The van der Waals surface area contributed by atoms with Gasteiger partial charge in [-0.05, 0) is 30.7 Å². The van der Waals surface area contributed by atoms with Gasteiger partial charge in [-0.15, -0.1) is 18.3 Å². The van der Waals surface area contributed by atoms with Crippen LogP contribution in [0.4, 0.5) is 0 Å². The third kappa shape index (κ3) is 2.81. The molecule has 1 heterocycles. The summed E-state index contributed by atoms with van der Waals surface area (Å²) in [6, 6.07) is 5.93. The standard InChI is InChI=1S/C17H19NO2S/c1-5-9-18-16(19)14(15(17(18)20)21-6-2)13-8-7-11(3)10-12(13)4/h5,7-8,10H,1,6,9H2,2-4H3. The van der Waals surface area contributed by atoms with E-state index in [0.29, 0.717) is 10.5 Å². The van der Waals surface area contributed by atoms with E-state index in [9.17, 15) is 9.59 Å². The van der Waals surface area contributed by atoms with E-state index in [4.69, 9.17) is 0 Å². The van der Waals surface area contributed by atoms with Crippen molar-refractivity contribution in [3.05, 3.63) is 52.4 Å². The Morgan fingerprint density at radius 3 is 2.52 bits per heavy atom. The van der Waals surface area contributed by atoms with Crippen molar-refractivity contribution in [2.45, 2.75) is 20.8 Å². The quantitative estimate of drug-likeness (QED) is 0.618. The molecule has 0 fully saturated rings. The number of amides is 2. The van der Waals surface area contributed by atoms with Crippen LogP contribution in [0.1, 0.15) is 23.6 Å². The Labute approximate surface area is 129 Å². The predicted molar refractivity (Wildman–Crippen MR) is 87.9 cm³/mol. The van der Waals surface area contributed by atoms with E-state index in [0.717, 1.165) is 22.4 Å². The van der Waals surface area contributed by atoms with Crippen molar-refractivity contribution in [1.82, 2.24) is 4.90 Å². The van der Waals surface area contributed by atoms with E-state index in [1.807, 2.05) is 39.0 Å². The lowest BCUT2D eigenvalue weighted by molar-refractivity contribution is -0.135. The highest BCUT2D eigenvalue weighted by atomic mass is 32.2. The summed E-state index contributed by atoms with van der Waals surface area (Å²) >= 11 is 1.43. The maximum absolute atomic E-state index is 12.6. The van der Waals surface area contributed by atoms with Gasteiger partial charge < -0.3 is 0 Å². The van der Waals surface area contributed by atoms with Gasteiger partial charge in [0.1, 0.15) is 0 Å². The molecule has 2 amide bonds. The molecule has 1 aromatic carbocycles. The Bertz CT molecular complexity index is 646. The van der Waals surface area contributed by atoms with Gasteiger partial charge in [-0.25, -0.2) is 0 Å². The summed E-state index contributed by atoms with van der Waals surface area (Å²) in [5.74, 6) is 0.328. The molecule has 0 aromatic heterocycles. The number of thioether (sulfide) groups is 1. The van der Waals surface area contributed by atoms with Crippen LogP contribution in [0.25, 0.3) is 5.57 Å². The lowest BCUT2D eigenvalue weighted by Gasteiger charge is -2.12. The molecule has 4 heteroatoms. The Balaban J connectivity index is 2.57. The molecule has 1 aliphatic rings. The summed E-state index contributed by atoms with van der Waals surface area (Å²) in [7, 11) is 0. The zero-order valence-corrected chi connectivity index (χ0v) is 13.4. The predicted octanol–water partition coefficient (Wildman–Crippen LogP) is 3.32. The van der Waals surface area contributed by atoms with Crippen LogP contribution in [-0.2, 0) is 9.59 Å². The van der Waals surface area contributed by atoms with Crippen LogP contribution in [0.5, 0.6) is 0 Å². The highest BCUT2D eigenvalue weighted by molar-refractivity contribution is 8.04. The molecule has 0 aliphatic carbocycles. The monoisotopic (exact) mass is 301 g/mol. The number of aryl methyl sites for hydroxylation is 2. The van der Waals surface area contributed by atoms with Crippen molar-refractivity contribution >= 4 is 29.1 Å². The summed E-state index contributed by atoms with van der Waals surface area (Å²) in [5.41, 5.74) is 3.54. The van der Waals surface area contributed by atoms with Crippen molar-refractivity contribution in [2.75, 3.05) is 12.3 Å². The molecule has 110 valence electrons. The molecule has 1 aliphatic heterocycles. The van der Waals surface area contributed by atoms with Gasteiger partial charge in [0.05, 0.1) is 10.5 Å². The minimum Gasteiger partial charge on any atom is -0.270 e. The number of nitrogens with zero attached hydrogens (tertiary/aromatic N) is 1. The smallest absolute Gasteiger partial charge is 0.268 e. The molecular weight excluding hydrogens is 282 g/mol. The summed E-state index contributed by atoms with van der Waals surface area (Å²) in [5, 5.41) is 0. The molecular formula is C17H19NO2S. The van der Waals surface area contributed by atoms with Crippen LogP contribution in [0.15, 0.2) is 35.8 Å². The summed E-state index contributed by atoms with van der Waals surface area (Å²) in [6.07, 6.45) is 1.58. The first kappa shape index (κ1) is 15.6. The van der Waals surface area contributed by atoms with Crippen molar-refractivity contribution in [1.29, 1.82) is 0 Å². The first-order chi connectivity index (χ1) is 10.0. The molecule has 0 atom stereocenters. The second-order valence-corrected chi connectivity index (χ2v) is 6.24. The lowest BCUT2D eigenvalue weighted by Crippen LogP contribution is -2.31. The first-order valence-corrected chi connectivity index (χ1v) is 7.91. The molecule has 0 saturated heterocycles. The minimum absolute atomic E-state index is 0.207. The highest BCUT2D eigenvalue weighted by Gasteiger charge is 2.38. The Hall–Kier alpha value is -1.81. The van der Waals surface area contributed by atoms with Gasteiger partial charge in [0.2, 0.25) is 0 Å². The zero-order chi connectivity index (χ0) is 15.6. The summed E-state index contributed by atoms with van der Waals surface area (Å²) in [6.45, 7) is 9.83. The fourth-order valence-electron chi connectivity index (χ4n) is 2.46. The minimum atomic E-state index is -0.220. The summed E-state index contributed by atoms with van der Waals surface area (Å²) < 4.78 is 0. The second kappa shape index (κ2) is 6.31. The molecule has 0 N–H and O–H groups in total. The number of carbonyl (C=O) groups is 2. The SMILES string of the molecule is C=CCN1C(=O)C(SCC)=C(c2ccc(C)cc2C)C1=O. The molecule has 0 bridgehead atoms. The second-order valence-electron chi connectivity index (χ2n) is 4.97. The molecule has 2 rings (SSSR count). The number of imide groups is 1. The molecule has 0 saturated carbocycles. The van der Waals surface area contributed by atoms with Gasteiger partial charge in [0.15, 0.2) is 0 Å². The van der Waals surface area contributed by atoms with Gasteiger partial charge in [-0.3, -0.25) is 14.5 Å². The average Bonchev–Trinajstić information content (AvgIpc) is 2.65. The van der Waals surface area contributed by atoms with Crippen LogP contribution in [0, 0.1) is 13.8 Å². The number of hydrogen-bond acceptors (Lipinski definition) is 3. The highest BCUT2D eigenvalue weighted by Crippen LogP contribution is 2.37. The number of carbonyl (C=O) groups excluding carboxylic acids is 2. The van der Waals surface area contributed by atoms with Gasteiger partial charge in [0, 0.05) is 6.54 Å². The average molecular weight is 301 g/mol. The topological polar surface area (TPSA) is 37.4 Å². The first-order valence-electron chi connectivity index (χ1n) is 6.93. The number of benzene rings is 1. The van der Waals surface area contributed by atoms with Crippen LogP contribution in [0.3, 0.4) is 0 Å². The van der Waals surface area contributed by atoms with E-state index >= 15 is 0 Å². The number of hydrogen-bond donors (Lipinski definition) is 0. The van der Waals surface area contributed by atoms with Crippen LogP contribution >= 0.6 is 11.8 Å². The molecule has 3 nitrogen and oxygen atoms in total. The van der Waals surface area contributed by atoms with Crippen LogP contribution < -0.4 is 0 Å². The largest absolute Gasteiger partial charge is 0.270 e. The molecule has 0 radical (unpaired) electrons. The third-order valence-corrected chi connectivity index (χ3v) is 4.33. The van der Waals surface area contributed by atoms with Crippen LogP contribution in [-0.4, -0.2) is 29.0 Å². The normalized spacial score (nSPS) is 15.1. The van der Waals surface area contributed by atoms with Crippen LogP contribution in [0.2, 0.25) is 0 Å². The van der Waals surface area contributed by atoms with Crippen molar-refractivity contribution < 1.29 is 9.59 Å². The van der Waals surface area contributed by atoms with Gasteiger partial charge in [-0.2, -0.15) is 0 Å². The van der Waals surface area contributed by atoms with E-state index < -0.39 is 0 Å². The molecule has 0 unspecified atom stereocenters. The van der Waals surface area contributed by atoms with E-state index in [-0.39, 0.29) is 18.4 Å². The fraction of sp³-hybridized carbons (Fsp3) is 0.294. The van der Waals surface area contributed by atoms with E-state index in [2.05, 4.69) is 6.58 Å². The summed E-state index contributed by atoms with van der Waals surface area (Å²) in [4.78, 5) is 26.9. The lowest BCUT2D eigenvalue weighted by atomic mass is 9.99. The maximum atomic E-state index is 12.6. The Kier molecular flexibility index (Phi) is 4.68. The molecule has 0 spiro atoms.